The van der Waals surface area contributed by atoms with Gasteiger partial charge in [0.05, 0.1) is 0 Å². The average molecular weight is 675 g/mol. The van der Waals surface area contributed by atoms with Crippen LogP contribution in [-0.2, 0) is 0 Å². The number of hydrogen-bond acceptors (Lipinski definition) is 6. The zero-order valence-electron chi connectivity index (χ0n) is 28.7. The van der Waals surface area contributed by atoms with Crippen LogP contribution < -0.4 is 0 Å². The first-order valence-electron chi connectivity index (χ1n) is 16.3. The van der Waals surface area contributed by atoms with Crippen LogP contribution in [0.25, 0.3) is 23.3 Å². The smallest absolute Gasteiger partial charge is 0.141 e. The third-order valence-electron chi connectivity index (χ3n) is 9.48. The van der Waals surface area contributed by atoms with Gasteiger partial charge in [0.15, 0.2) is 0 Å². The first-order valence-corrected chi connectivity index (χ1v) is 18.5. The molecular formula is C42H42O4S2. The number of allylic oxidation sites excluding steroid dienone is 18. The molecule has 0 aliphatic heterocycles. The molecule has 0 saturated heterocycles. The van der Waals surface area contributed by atoms with E-state index in [0.29, 0.717) is 23.0 Å². The molecule has 246 valence electrons. The molecule has 0 aromatic heterocycles. The van der Waals surface area contributed by atoms with E-state index in [1.54, 1.807) is 12.1 Å². The van der Waals surface area contributed by atoms with Gasteiger partial charge in [-0.05, 0) is 140 Å². The van der Waals surface area contributed by atoms with Crippen LogP contribution in [0.15, 0.2) is 115 Å². The van der Waals surface area contributed by atoms with Crippen molar-refractivity contribution in [2.24, 2.45) is 11.8 Å². The summed E-state index contributed by atoms with van der Waals surface area (Å²) in [6, 6.07) is 3.43. The fraction of sp³-hybridized carbons (Fsp3) is 0.238. The van der Waals surface area contributed by atoms with Crippen LogP contribution >= 0.6 is 21.6 Å². The molecular weight excluding hydrogens is 633 g/mol. The van der Waals surface area contributed by atoms with Gasteiger partial charge in [-0.25, -0.2) is 0 Å². The molecule has 2 aromatic rings. The largest absolute Gasteiger partial charge is 0.507 e. The summed E-state index contributed by atoms with van der Waals surface area (Å²) >= 11 is 0. The Hall–Kier alpha value is -4.26. The lowest BCUT2D eigenvalue weighted by Gasteiger charge is -2.19. The predicted octanol–water partition coefficient (Wildman–Crippen LogP) is 11.8. The highest BCUT2D eigenvalue weighted by Gasteiger charge is 2.28. The Morgan fingerprint density at radius 1 is 0.479 bits per heavy atom. The van der Waals surface area contributed by atoms with Gasteiger partial charge in [0.2, 0.25) is 0 Å². The minimum Gasteiger partial charge on any atom is -0.507 e. The van der Waals surface area contributed by atoms with E-state index in [-0.39, 0.29) is 32.8 Å². The molecule has 0 atom stereocenters. The zero-order chi connectivity index (χ0) is 34.6. The Balaban J connectivity index is 1.39. The lowest BCUT2D eigenvalue weighted by molar-refractivity contribution is 0.425. The van der Waals surface area contributed by atoms with Crippen LogP contribution in [0.2, 0.25) is 0 Å². The highest BCUT2D eigenvalue weighted by atomic mass is 33.1. The summed E-state index contributed by atoms with van der Waals surface area (Å²) in [6.45, 7) is 16.9. The number of benzene rings is 2. The molecule has 6 heteroatoms. The summed E-state index contributed by atoms with van der Waals surface area (Å²) < 4.78 is 0. The van der Waals surface area contributed by atoms with E-state index < -0.39 is 0 Å². The van der Waals surface area contributed by atoms with Gasteiger partial charge in [-0.3, -0.25) is 0 Å². The molecule has 0 bridgehead atoms. The molecule has 4 nitrogen and oxygen atoms in total. The second kappa shape index (κ2) is 13.0. The monoisotopic (exact) mass is 674 g/mol. The van der Waals surface area contributed by atoms with Crippen molar-refractivity contribution < 1.29 is 20.4 Å². The quantitative estimate of drug-likeness (QED) is 0.236. The summed E-state index contributed by atoms with van der Waals surface area (Å²) in [7, 11) is 2.20. The number of phenolic OH excluding ortho intramolecular Hbond substituents is 4. The maximum Gasteiger partial charge on any atom is 0.141 e. The predicted molar refractivity (Wildman–Crippen MR) is 204 cm³/mol. The molecule has 0 amide bonds. The summed E-state index contributed by atoms with van der Waals surface area (Å²) in [6.07, 6.45) is 20.7. The second-order valence-corrected chi connectivity index (χ2v) is 15.6. The van der Waals surface area contributed by atoms with Gasteiger partial charge in [-0.2, -0.15) is 0 Å². The number of fused-ring (bicyclic) bond motifs is 6. The first-order chi connectivity index (χ1) is 22.8. The van der Waals surface area contributed by atoms with Gasteiger partial charge in [0.25, 0.3) is 0 Å². The summed E-state index contributed by atoms with van der Waals surface area (Å²) in [5, 5.41) is 46.0. The second-order valence-electron chi connectivity index (χ2n) is 13.5. The normalized spacial score (nSPS) is 17.2. The van der Waals surface area contributed by atoms with Gasteiger partial charge in [-0.15, -0.1) is 0 Å². The summed E-state index contributed by atoms with van der Waals surface area (Å²) in [5.41, 5.74) is 13.4. The van der Waals surface area contributed by atoms with E-state index in [2.05, 4.69) is 91.8 Å². The lowest BCUT2D eigenvalue weighted by Crippen LogP contribution is -1.97. The van der Waals surface area contributed by atoms with Crippen LogP contribution in [0.4, 0.5) is 0 Å². The molecule has 2 aromatic carbocycles. The van der Waals surface area contributed by atoms with Crippen LogP contribution in [0.1, 0.15) is 77.6 Å². The van der Waals surface area contributed by atoms with E-state index in [0.717, 1.165) is 77.3 Å². The number of rotatable bonds is 5. The van der Waals surface area contributed by atoms with E-state index >= 15 is 0 Å². The Kier molecular flexibility index (Phi) is 9.10. The van der Waals surface area contributed by atoms with Gasteiger partial charge >= 0.3 is 0 Å². The van der Waals surface area contributed by atoms with Gasteiger partial charge in [-0.1, -0.05) is 88.5 Å². The maximum absolute atomic E-state index is 11.7. The summed E-state index contributed by atoms with van der Waals surface area (Å²) in [4.78, 5) is 0.515. The van der Waals surface area contributed by atoms with Crippen LogP contribution in [0.5, 0.6) is 23.0 Å². The van der Waals surface area contributed by atoms with Crippen LogP contribution in [0, 0.1) is 11.8 Å². The molecule has 4 aliphatic carbocycles. The molecule has 0 saturated carbocycles. The third-order valence-corrected chi connectivity index (χ3v) is 12.0. The molecule has 0 fully saturated rings. The molecule has 0 unspecified atom stereocenters. The average Bonchev–Trinajstić information content (AvgIpc) is 3.43. The number of hydrogen-bond donors (Lipinski definition) is 4. The van der Waals surface area contributed by atoms with Crippen molar-refractivity contribution in [1.29, 1.82) is 0 Å². The fourth-order valence-corrected chi connectivity index (χ4v) is 8.88. The van der Waals surface area contributed by atoms with Crippen LogP contribution in [-0.4, -0.2) is 20.4 Å². The topological polar surface area (TPSA) is 80.9 Å². The zero-order valence-corrected chi connectivity index (χ0v) is 30.3. The maximum atomic E-state index is 11.7. The van der Waals surface area contributed by atoms with E-state index in [4.69, 9.17) is 0 Å². The van der Waals surface area contributed by atoms with E-state index in [9.17, 15) is 20.4 Å². The van der Waals surface area contributed by atoms with Crippen molar-refractivity contribution >= 4 is 44.9 Å². The van der Waals surface area contributed by atoms with Crippen molar-refractivity contribution in [2.75, 3.05) is 0 Å². The van der Waals surface area contributed by atoms with Crippen molar-refractivity contribution in [3.63, 3.8) is 0 Å². The van der Waals surface area contributed by atoms with Gasteiger partial charge in [0, 0.05) is 11.1 Å². The highest BCUT2D eigenvalue weighted by molar-refractivity contribution is 8.76. The first kappa shape index (κ1) is 33.6. The Morgan fingerprint density at radius 2 is 0.833 bits per heavy atom. The SMILES string of the molecule is CC1=C2C=C(C(C)C)C=CC(C)=C2c2cc(O)c(SSc3c(O)cc4c(c3O)C=CC(C)=C3C=C(C(C)C)C=CC(C)=C34)c(O)c2C=C1. The fourth-order valence-electron chi connectivity index (χ4n) is 6.56. The minimum absolute atomic E-state index is 0.0498. The van der Waals surface area contributed by atoms with Gasteiger partial charge in [0.1, 0.15) is 32.8 Å². The number of phenols is 4. The van der Waals surface area contributed by atoms with Crippen molar-refractivity contribution in [3.8, 4) is 23.0 Å². The summed E-state index contributed by atoms with van der Waals surface area (Å²) in [5.74, 6) is 0.438. The molecule has 6 rings (SSSR count). The van der Waals surface area contributed by atoms with Gasteiger partial charge < -0.3 is 20.4 Å². The highest BCUT2D eigenvalue weighted by Crippen LogP contribution is 2.56. The Bertz CT molecular complexity index is 1940. The molecule has 0 spiro atoms. The third kappa shape index (κ3) is 5.86. The van der Waals surface area contributed by atoms with Crippen LogP contribution in [0.3, 0.4) is 0 Å². The van der Waals surface area contributed by atoms with Crippen molar-refractivity contribution in [1.82, 2.24) is 0 Å². The molecule has 4 N–H and O–H groups in total. The lowest BCUT2D eigenvalue weighted by atomic mass is 9.89. The molecule has 0 heterocycles. The Morgan fingerprint density at radius 3 is 1.19 bits per heavy atom. The van der Waals surface area contributed by atoms with Crippen molar-refractivity contribution in [3.05, 3.63) is 128 Å². The van der Waals surface area contributed by atoms with E-state index in [1.165, 1.54) is 11.1 Å². The van der Waals surface area contributed by atoms with Crippen molar-refractivity contribution in [2.45, 2.75) is 65.2 Å². The molecule has 4 aliphatic rings. The number of aromatic hydroxyl groups is 4. The van der Waals surface area contributed by atoms with E-state index in [1.807, 2.05) is 24.3 Å². The molecule has 0 radical (unpaired) electrons. The standard InChI is InChI=1S/C42H42O4S2/c1-21(2)27-13-9-25(7)37-31(17-27)23(5)11-15-29-33(37)19-35(43)41(39(29)45)47-48-42-36(44)20-34-30(40(42)46)16-12-24(6)32-18-28(22(3)4)14-10-26(8)38(32)34/h9-22,43-46H,1-8H3. The molecule has 48 heavy (non-hydrogen) atoms. The minimum atomic E-state index is -0.0745. The Labute approximate surface area is 291 Å².